The lowest BCUT2D eigenvalue weighted by molar-refractivity contribution is -0.211. The molecule has 240 valence electrons. The summed E-state index contributed by atoms with van der Waals surface area (Å²) in [5.74, 6) is -0.767. The van der Waals surface area contributed by atoms with Gasteiger partial charge in [0.2, 0.25) is 0 Å². The predicted octanol–water partition coefficient (Wildman–Crippen LogP) is 5.86. The second-order valence-corrected chi connectivity index (χ2v) is 18.1. The average Bonchev–Trinajstić information content (AvgIpc) is 2.83. The largest absolute Gasteiger partial charge is 0.481 e. The van der Waals surface area contributed by atoms with E-state index in [9.17, 15) is 35.8 Å². The molecule has 0 aromatic carbocycles. The minimum atomic E-state index is -4.83. The molecule has 0 radical (unpaired) electrons. The van der Waals surface area contributed by atoms with Crippen LogP contribution in [0.25, 0.3) is 0 Å². The third-order valence-electron chi connectivity index (χ3n) is 13.6. The van der Waals surface area contributed by atoms with Crippen molar-refractivity contribution in [1.82, 2.24) is 0 Å². The average molecular weight is 633 g/mol. The van der Waals surface area contributed by atoms with Crippen LogP contribution < -0.4 is 0 Å². The molecular weight excluding hydrogens is 584 g/mol. The van der Waals surface area contributed by atoms with Crippen LogP contribution >= 0.6 is 0 Å². The minimum absolute atomic E-state index is 0.0203. The van der Waals surface area contributed by atoms with Crippen LogP contribution in [-0.2, 0) is 34.0 Å². The van der Waals surface area contributed by atoms with Crippen LogP contribution in [0.15, 0.2) is 11.6 Å². The Bertz CT molecular complexity index is 1390. The number of carboxylic acid groups (broad SMARTS) is 1. The van der Waals surface area contributed by atoms with Crippen LogP contribution in [0.1, 0.15) is 106 Å². The molecule has 42 heavy (non-hydrogen) atoms. The number of carbonyl (C=O) groups is 1. The smallest absolute Gasteiger partial charge is 0.397 e. The summed E-state index contributed by atoms with van der Waals surface area (Å²) in [6.45, 7) is 12.6. The highest BCUT2D eigenvalue weighted by Crippen LogP contribution is 2.76. The number of fused-ring (bicyclic) bond motifs is 7. The molecule has 4 saturated carbocycles. The minimum Gasteiger partial charge on any atom is -0.481 e. The van der Waals surface area contributed by atoms with Crippen molar-refractivity contribution in [2.75, 3.05) is 6.61 Å². The lowest BCUT2D eigenvalue weighted by Crippen LogP contribution is -2.66. The Morgan fingerprint density at radius 2 is 1.52 bits per heavy atom. The lowest BCUT2D eigenvalue weighted by atomic mass is 9.33. The van der Waals surface area contributed by atoms with E-state index in [-0.39, 0.29) is 45.8 Å². The van der Waals surface area contributed by atoms with Gasteiger partial charge in [-0.2, -0.15) is 16.8 Å². The van der Waals surface area contributed by atoms with Crippen LogP contribution in [0, 0.1) is 50.2 Å². The van der Waals surface area contributed by atoms with Crippen LogP contribution in [-0.4, -0.2) is 49.7 Å². The SMILES string of the molecule is CC1(C)CC[C@]2(C(=O)O)CC[C@]3(C)C(=CCC4[C@@]5(C)CC[C@H](OS(=O)(=O)O)[C@@](C)(COS(=O)(=O)O)C5CC[C@]43C)[C@@H]2C1. The van der Waals surface area contributed by atoms with Crippen molar-refractivity contribution in [3.8, 4) is 0 Å². The summed E-state index contributed by atoms with van der Waals surface area (Å²) >= 11 is 0. The summed E-state index contributed by atoms with van der Waals surface area (Å²) in [5, 5.41) is 10.6. The topological polar surface area (TPSA) is 164 Å². The molecular formula is C30H48O10S2. The van der Waals surface area contributed by atoms with Gasteiger partial charge in [0.25, 0.3) is 0 Å². The summed E-state index contributed by atoms with van der Waals surface area (Å²) in [5.41, 5.74) is -1.26. The Morgan fingerprint density at radius 1 is 0.881 bits per heavy atom. The van der Waals surface area contributed by atoms with E-state index in [2.05, 4.69) is 40.7 Å². The normalized spacial score (nSPS) is 46.8. The Morgan fingerprint density at radius 3 is 2.12 bits per heavy atom. The number of allylic oxidation sites excluding steroid dienone is 2. The van der Waals surface area contributed by atoms with E-state index >= 15 is 0 Å². The number of carboxylic acids is 1. The molecule has 5 aliphatic rings. The maximum absolute atomic E-state index is 12.9. The third-order valence-corrected chi connectivity index (χ3v) is 14.5. The first-order chi connectivity index (χ1) is 19.0. The van der Waals surface area contributed by atoms with Gasteiger partial charge in [0.1, 0.15) is 0 Å². The molecule has 12 heteroatoms. The zero-order valence-corrected chi connectivity index (χ0v) is 27.3. The zero-order valence-electron chi connectivity index (χ0n) is 25.7. The fraction of sp³-hybridized carbons (Fsp3) is 0.900. The second kappa shape index (κ2) is 9.72. The van der Waals surface area contributed by atoms with E-state index in [4.69, 9.17) is 8.37 Å². The van der Waals surface area contributed by atoms with Crippen molar-refractivity contribution in [2.45, 2.75) is 112 Å². The summed E-state index contributed by atoms with van der Waals surface area (Å²) < 4.78 is 75.9. The molecule has 0 aromatic rings. The van der Waals surface area contributed by atoms with Gasteiger partial charge >= 0.3 is 26.8 Å². The fourth-order valence-corrected chi connectivity index (χ4v) is 12.1. The summed E-state index contributed by atoms with van der Waals surface area (Å²) in [7, 11) is -9.63. The van der Waals surface area contributed by atoms with E-state index in [0.29, 0.717) is 25.7 Å². The zero-order chi connectivity index (χ0) is 31.4. The van der Waals surface area contributed by atoms with E-state index in [0.717, 1.165) is 32.1 Å². The maximum atomic E-state index is 12.9. The molecule has 3 N–H and O–H groups in total. The molecule has 0 aliphatic heterocycles. The Hall–Kier alpha value is -1.05. The van der Waals surface area contributed by atoms with Crippen LogP contribution in [0.4, 0.5) is 0 Å². The molecule has 0 saturated heterocycles. The first kappa shape index (κ1) is 32.3. The summed E-state index contributed by atoms with van der Waals surface area (Å²) in [6.07, 6.45) is 8.20. The number of aliphatic carboxylic acids is 1. The van der Waals surface area contributed by atoms with E-state index in [1.165, 1.54) is 5.57 Å². The predicted molar refractivity (Wildman–Crippen MR) is 155 cm³/mol. The third kappa shape index (κ3) is 4.81. The van der Waals surface area contributed by atoms with Crippen molar-refractivity contribution in [3.63, 3.8) is 0 Å². The molecule has 0 spiro atoms. The van der Waals surface area contributed by atoms with Crippen LogP contribution in [0.2, 0.25) is 0 Å². The van der Waals surface area contributed by atoms with E-state index < -0.39 is 50.3 Å². The van der Waals surface area contributed by atoms with E-state index in [1.54, 1.807) is 6.92 Å². The van der Waals surface area contributed by atoms with Gasteiger partial charge < -0.3 is 5.11 Å². The highest BCUT2D eigenvalue weighted by atomic mass is 32.3. The van der Waals surface area contributed by atoms with Gasteiger partial charge in [-0.15, -0.1) is 0 Å². The number of hydrogen-bond acceptors (Lipinski definition) is 7. The Kier molecular flexibility index (Phi) is 7.49. The van der Waals surface area contributed by atoms with Crippen molar-refractivity contribution in [1.29, 1.82) is 0 Å². The molecule has 4 fully saturated rings. The van der Waals surface area contributed by atoms with Gasteiger partial charge in [-0.25, -0.2) is 8.37 Å². The molecule has 9 atom stereocenters. The lowest BCUT2D eigenvalue weighted by Gasteiger charge is -2.71. The Balaban J connectivity index is 1.57. The van der Waals surface area contributed by atoms with Crippen molar-refractivity contribution in [2.24, 2.45) is 50.2 Å². The molecule has 5 rings (SSSR count). The van der Waals surface area contributed by atoms with Crippen molar-refractivity contribution in [3.05, 3.63) is 11.6 Å². The fourth-order valence-electron chi connectivity index (χ4n) is 11.1. The van der Waals surface area contributed by atoms with Gasteiger partial charge in [-0.05, 0) is 104 Å². The van der Waals surface area contributed by atoms with Gasteiger partial charge in [-0.1, -0.05) is 53.2 Å². The highest BCUT2D eigenvalue weighted by molar-refractivity contribution is 7.81. The van der Waals surface area contributed by atoms with Gasteiger partial charge in [0.05, 0.1) is 18.1 Å². The number of hydrogen-bond donors (Lipinski definition) is 3. The highest BCUT2D eigenvalue weighted by Gasteiger charge is 2.70. The first-order valence-electron chi connectivity index (χ1n) is 15.2. The molecule has 0 aromatic heterocycles. The van der Waals surface area contributed by atoms with Gasteiger partial charge in [0.15, 0.2) is 0 Å². The molecule has 0 heterocycles. The molecule has 0 amide bonds. The molecule has 10 nitrogen and oxygen atoms in total. The Labute approximate surface area is 250 Å². The van der Waals surface area contributed by atoms with Gasteiger partial charge in [0, 0.05) is 5.41 Å². The summed E-state index contributed by atoms with van der Waals surface area (Å²) in [6, 6.07) is 0. The quantitative estimate of drug-likeness (QED) is 0.239. The summed E-state index contributed by atoms with van der Waals surface area (Å²) in [4.78, 5) is 12.9. The number of rotatable bonds is 6. The van der Waals surface area contributed by atoms with Crippen LogP contribution in [0.5, 0.6) is 0 Å². The van der Waals surface area contributed by atoms with E-state index in [1.807, 2.05) is 0 Å². The monoisotopic (exact) mass is 632 g/mol. The maximum Gasteiger partial charge on any atom is 0.397 e. The first-order valence-corrected chi connectivity index (χ1v) is 18.0. The standard InChI is InChI=1S/C30H48O10S2/c1-25(2)13-15-30(24(31)32)16-14-28(5)19(20(30)17-25)7-8-22-26(3)11-10-23(40-42(36,37)38)27(4,18-39-41(33,34)35)21(26)9-12-29(22,28)6/h7,20-23H,8-18H2,1-6H3,(H,31,32)(H,33,34,35)(H,36,37,38)/t20-,21?,22?,23-,26-,27-,28+,29+,30-/m0/s1. The van der Waals surface area contributed by atoms with Crippen molar-refractivity contribution < 1.29 is 44.2 Å². The van der Waals surface area contributed by atoms with Crippen LogP contribution in [0.3, 0.4) is 0 Å². The van der Waals surface area contributed by atoms with Gasteiger partial charge in [-0.3, -0.25) is 13.9 Å². The van der Waals surface area contributed by atoms with Crippen molar-refractivity contribution >= 4 is 26.8 Å². The molecule has 0 bridgehead atoms. The molecule has 5 aliphatic carbocycles. The molecule has 2 unspecified atom stereocenters. The second-order valence-electron chi connectivity index (χ2n) is 15.9.